The molecule has 4 N–H and O–H groups in total. The van der Waals surface area contributed by atoms with Crippen molar-refractivity contribution in [1.82, 2.24) is 20.4 Å². The number of aliphatic hydroxyl groups is 2. The number of hydrogen-bond donors (Lipinski definition) is 4. The molecule has 0 saturated heterocycles. The quantitative estimate of drug-likeness (QED) is 0.181. The van der Waals surface area contributed by atoms with Crippen LogP contribution in [-0.2, 0) is 22.4 Å². The Kier molecular flexibility index (Phi) is 9.98. The minimum atomic E-state index is -0.876. The van der Waals surface area contributed by atoms with Gasteiger partial charge in [0.1, 0.15) is 10.0 Å². The Labute approximate surface area is 227 Å². The van der Waals surface area contributed by atoms with Crippen LogP contribution in [0.2, 0.25) is 0 Å². The fourth-order valence-electron chi connectivity index (χ4n) is 3.64. The first-order chi connectivity index (χ1) is 18.5. The predicted molar refractivity (Wildman–Crippen MR) is 146 cm³/mol. The number of benzene rings is 2. The lowest BCUT2D eigenvalue weighted by molar-refractivity contribution is -0.119. The van der Waals surface area contributed by atoms with Crippen LogP contribution in [0.3, 0.4) is 0 Å². The summed E-state index contributed by atoms with van der Waals surface area (Å²) in [6.07, 6.45) is 1.24. The van der Waals surface area contributed by atoms with Crippen LogP contribution in [0.25, 0.3) is 0 Å². The predicted octanol–water partition coefficient (Wildman–Crippen LogP) is 4.08. The van der Waals surface area contributed by atoms with Crippen molar-refractivity contribution in [3.63, 3.8) is 0 Å². The molecule has 0 unspecified atom stereocenters. The van der Waals surface area contributed by atoms with E-state index in [2.05, 4.69) is 31.0 Å². The van der Waals surface area contributed by atoms with Gasteiger partial charge in [-0.05, 0) is 24.0 Å². The standard InChI is InChI=1S/C26H28N6O4S2/c33-19(17-9-3-1-4-10-17)15-21(35)27-25-31-29-23(37-25)13-7-8-14-24-30-32-26(38-24)28-22(36)16-20(34)18-11-5-2-6-12-18/h1-6,9-12,19-20,33-34H,7-8,13-16H2,(H,27,31,35)(H,28,32,36)/t19-,20-/m0/s1. The molecule has 198 valence electrons. The zero-order valence-electron chi connectivity index (χ0n) is 20.5. The number of hydrogen-bond acceptors (Lipinski definition) is 10. The number of carbonyl (C=O) groups is 2. The van der Waals surface area contributed by atoms with Gasteiger partial charge in [0.15, 0.2) is 0 Å². The summed E-state index contributed by atoms with van der Waals surface area (Å²) in [6, 6.07) is 18.1. The van der Waals surface area contributed by atoms with Gasteiger partial charge in [-0.2, -0.15) is 0 Å². The van der Waals surface area contributed by atoms with Crippen molar-refractivity contribution in [2.45, 2.75) is 50.7 Å². The van der Waals surface area contributed by atoms with Gasteiger partial charge in [0.2, 0.25) is 22.1 Å². The van der Waals surface area contributed by atoms with E-state index in [1.807, 2.05) is 36.4 Å². The minimum Gasteiger partial charge on any atom is -0.388 e. The maximum absolute atomic E-state index is 12.2. The van der Waals surface area contributed by atoms with E-state index in [4.69, 9.17) is 0 Å². The molecule has 4 aromatic rings. The van der Waals surface area contributed by atoms with Gasteiger partial charge in [-0.25, -0.2) is 0 Å². The highest BCUT2D eigenvalue weighted by atomic mass is 32.1. The first kappa shape index (κ1) is 27.5. The maximum atomic E-state index is 12.2. The molecule has 4 rings (SSSR count). The average molecular weight is 553 g/mol. The van der Waals surface area contributed by atoms with Crippen LogP contribution in [0.1, 0.15) is 59.0 Å². The molecule has 0 saturated carbocycles. The lowest BCUT2D eigenvalue weighted by atomic mass is 10.1. The number of aliphatic hydroxyl groups excluding tert-OH is 2. The SMILES string of the molecule is O=C(C[C@H](O)c1ccccc1)Nc1nnc(CCCCc2nnc(NC(=O)C[C@H](O)c3ccccc3)s2)s1. The van der Waals surface area contributed by atoms with Crippen molar-refractivity contribution in [2.24, 2.45) is 0 Å². The molecule has 0 aliphatic carbocycles. The number of amides is 2. The number of aryl methyl sites for hydroxylation is 2. The molecule has 2 amide bonds. The fraction of sp³-hybridized carbons (Fsp3) is 0.308. The minimum absolute atomic E-state index is 0.0587. The largest absolute Gasteiger partial charge is 0.388 e. The number of carbonyl (C=O) groups excluding carboxylic acids is 2. The third-order valence-corrected chi connectivity index (χ3v) is 7.38. The third kappa shape index (κ3) is 8.48. The molecule has 2 aromatic heterocycles. The Balaban J connectivity index is 1.14. The highest BCUT2D eigenvalue weighted by molar-refractivity contribution is 7.15. The summed E-state index contributed by atoms with van der Waals surface area (Å²) in [6.45, 7) is 0. The van der Waals surface area contributed by atoms with Crippen LogP contribution in [0.4, 0.5) is 10.3 Å². The molecule has 2 atom stereocenters. The monoisotopic (exact) mass is 552 g/mol. The highest BCUT2D eigenvalue weighted by Crippen LogP contribution is 2.23. The average Bonchev–Trinajstić information content (AvgIpc) is 3.56. The Bertz CT molecular complexity index is 1210. The summed E-state index contributed by atoms with van der Waals surface area (Å²) in [4.78, 5) is 24.5. The van der Waals surface area contributed by atoms with E-state index in [0.29, 0.717) is 34.2 Å². The Morgan fingerprint density at radius 3 is 1.45 bits per heavy atom. The van der Waals surface area contributed by atoms with Gasteiger partial charge in [0.05, 0.1) is 25.0 Å². The van der Waals surface area contributed by atoms with E-state index in [1.165, 1.54) is 22.7 Å². The van der Waals surface area contributed by atoms with Gasteiger partial charge in [0.25, 0.3) is 0 Å². The molecular formula is C26H28N6O4S2. The van der Waals surface area contributed by atoms with Crippen LogP contribution in [0.15, 0.2) is 60.7 Å². The number of anilines is 2. The van der Waals surface area contributed by atoms with Gasteiger partial charge >= 0.3 is 0 Å². The maximum Gasteiger partial charge on any atom is 0.229 e. The summed E-state index contributed by atoms with van der Waals surface area (Å²) in [5.41, 5.74) is 1.37. The first-order valence-corrected chi connectivity index (χ1v) is 13.8. The van der Waals surface area contributed by atoms with Crippen molar-refractivity contribution in [2.75, 3.05) is 10.6 Å². The molecule has 0 aliphatic heterocycles. The zero-order chi connectivity index (χ0) is 26.7. The Hall–Kier alpha value is -3.58. The fourth-order valence-corrected chi connectivity index (χ4v) is 5.24. The number of rotatable bonds is 13. The third-order valence-electron chi connectivity index (χ3n) is 5.58. The molecule has 12 heteroatoms. The summed E-state index contributed by atoms with van der Waals surface area (Å²) in [5, 5.41) is 44.5. The van der Waals surface area contributed by atoms with E-state index in [1.54, 1.807) is 24.3 Å². The van der Waals surface area contributed by atoms with E-state index in [-0.39, 0.29) is 24.7 Å². The van der Waals surface area contributed by atoms with Gasteiger partial charge < -0.3 is 20.8 Å². The lowest BCUT2D eigenvalue weighted by Gasteiger charge is -2.09. The Morgan fingerprint density at radius 2 is 1.05 bits per heavy atom. The summed E-state index contributed by atoms with van der Waals surface area (Å²) >= 11 is 2.63. The molecule has 0 fully saturated rings. The highest BCUT2D eigenvalue weighted by Gasteiger charge is 2.16. The van der Waals surface area contributed by atoms with E-state index < -0.39 is 12.2 Å². The van der Waals surface area contributed by atoms with E-state index in [0.717, 1.165) is 22.9 Å². The van der Waals surface area contributed by atoms with Crippen molar-refractivity contribution < 1.29 is 19.8 Å². The summed E-state index contributed by atoms with van der Waals surface area (Å²) in [5.74, 6) is -0.643. The van der Waals surface area contributed by atoms with Gasteiger partial charge in [-0.15, -0.1) is 20.4 Å². The zero-order valence-corrected chi connectivity index (χ0v) is 22.1. The van der Waals surface area contributed by atoms with Gasteiger partial charge in [-0.3, -0.25) is 9.59 Å². The van der Waals surface area contributed by atoms with Crippen molar-refractivity contribution in [3.8, 4) is 0 Å². The van der Waals surface area contributed by atoms with Crippen molar-refractivity contribution in [3.05, 3.63) is 81.8 Å². The summed E-state index contributed by atoms with van der Waals surface area (Å²) < 4.78 is 0. The van der Waals surface area contributed by atoms with Crippen molar-refractivity contribution >= 4 is 44.8 Å². The second-order valence-corrected chi connectivity index (χ2v) is 10.7. The second kappa shape index (κ2) is 13.8. The molecule has 2 aromatic carbocycles. The van der Waals surface area contributed by atoms with Crippen LogP contribution in [-0.4, -0.2) is 42.4 Å². The number of aromatic nitrogens is 4. The number of nitrogens with one attached hydrogen (secondary N) is 2. The second-order valence-electron chi connectivity index (χ2n) is 8.57. The topological polar surface area (TPSA) is 150 Å². The van der Waals surface area contributed by atoms with E-state index in [9.17, 15) is 19.8 Å². The van der Waals surface area contributed by atoms with Crippen molar-refractivity contribution in [1.29, 1.82) is 0 Å². The van der Waals surface area contributed by atoms with Gasteiger partial charge in [-0.1, -0.05) is 83.3 Å². The normalized spacial score (nSPS) is 12.6. The first-order valence-electron chi connectivity index (χ1n) is 12.2. The molecule has 10 nitrogen and oxygen atoms in total. The van der Waals surface area contributed by atoms with Crippen LogP contribution < -0.4 is 10.6 Å². The smallest absolute Gasteiger partial charge is 0.229 e. The Morgan fingerprint density at radius 1 is 0.658 bits per heavy atom. The molecule has 0 radical (unpaired) electrons. The van der Waals surface area contributed by atoms with Crippen LogP contribution >= 0.6 is 22.7 Å². The molecular weight excluding hydrogens is 524 g/mol. The van der Waals surface area contributed by atoms with Crippen LogP contribution in [0, 0.1) is 0 Å². The molecule has 2 heterocycles. The molecule has 38 heavy (non-hydrogen) atoms. The number of unbranched alkanes of at least 4 members (excludes halogenated alkanes) is 1. The molecule has 0 aliphatic rings. The molecule has 0 spiro atoms. The van der Waals surface area contributed by atoms with Crippen LogP contribution in [0.5, 0.6) is 0 Å². The molecule has 0 bridgehead atoms. The van der Waals surface area contributed by atoms with Gasteiger partial charge in [0, 0.05) is 12.8 Å². The lowest BCUT2D eigenvalue weighted by Crippen LogP contribution is -2.15. The summed E-state index contributed by atoms with van der Waals surface area (Å²) in [7, 11) is 0. The van der Waals surface area contributed by atoms with E-state index >= 15 is 0 Å². The number of nitrogens with zero attached hydrogens (tertiary/aromatic N) is 4.